The zero-order chi connectivity index (χ0) is 9.56. The highest BCUT2D eigenvalue weighted by Crippen LogP contribution is 2.10. The van der Waals surface area contributed by atoms with E-state index in [0.717, 1.165) is 6.42 Å². The maximum Gasteiger partial charge on any atom is -0.0308 e. The van der Waals surface area contributed by atoms with Gasteiger partial charge in [0.25, 0.3) is 0 Å². The van der Waals surface area contributed by atoms with Crippen LogP contribution in [0.1, 0.15) is 41.0 Å². The van der Waals surface area contributed by atoms with Gasteiger partial charge < -0.3 is 0 Å². The van der Waals surface area contributed by atoms with Gasteiger partial charge in [-0.05, 0) is 39.7 Å². The summed E-state index contributed by atoms with van der Waals surface area (Å²) in [5, 5.41) is 0. The molecular weight excluding hydrogens is 144 g/mol. The number of hydrogen-bond donors (Lipinski definition) is 0. The molecule has 0 radical (unpaired) electrons. The Morgan fingerprint density at radius 3 is 2.00 bits per heavy atom. The molecule has 0 saturated carbocycles. The minimum absolute atomic E-state index is 1.12. The van der Waals surface area contributed by atoms with Crippen LogP contribution >= 0.6 is 0 Å². The second kappa shape index (κ2) is 5.82. The lowest BCUT2D eigenvalue weighted by Gasteiger charge is -1.99. The van der Waals surface area contributed by atoms with Crippen LogP contribution in [0.3, 0.4) is 0 Å². The summed E-state index contributed by atoms with van der Waals surface area (Å²) in [7, 11) is 0. The quantitative estimate of drug-likeness (QED) is 0.547. The summed E-state index contributed by atoms with van der Waals surface area (Å²) in [4.78, 5) is 0. The van der Waals surface area contributed by atoms with Gasteiger partial charge in [-0.2, -0.15) is 0 Å². The van der Waals surface area contributed by atoms with Crippen LogP contribution in [0.5, 0.6) is 0 Å². The highest BCUT2D eigenvalue weighted by atomic mass is 14.0. The lowest BCUT2D eigenvalue weighted by molar-refractivity contribution is 1.10. The minimum atomic E-state index is 1.12. The predicted octanol–water partition coefficient (Wildman–Crippen LogP) is 4.26. The number of hydrogen-bond acceptors (Lipinski definition) is 0. The largest absolute Gasteiger partial charge is 0.0847 e. The van der Waals surface area contributed by atoms with E-state index >= 15 is 0 Å². The monoisotopic (exact) mass is 164 g/mol. The molecule has 0 aromatic carbocycles. The highest BCUT2D eigenvalue weighted by molar-refractivity contribution is 5.28. The summed E-state index contributed by atoms with van der Waals surface area (Å²) in [6, 6.07) is 0. The summed E-state index contributed by atoms with van der Waals surface area (Å²) < 4.78 is 0. The zero-order valence-corrected chi connectivity index (χ0v) is 8.94. The van der Waals surface area contributed by atoms with Crippen LogP contribution in [0, 0.1) is 0 Å². The molecule has 0 bridgehead atoms. The summed E-state index contributed by atoms with van der Waals surface area (Å²) >= 11 is 0. The van der Waals surface area contributed by atoms with Crippen LogP contribution < -0.4 is 0 Å². The molecule has 0 heteroatoms. The van der Waals surface area contributed by atoms with E-state index in [1.165, 1.54) is 16.7 Å². The maximum absolute atomic E-state index is 2.21. The molecular formula is C12H20. The van der Waals surface area contributed by atoms with E-state index < -0.39 is 0 Å². The normalized spacial score (nSPS) is 12.2. The second-order valence-electron chi connectivity index (χ2n) is 3.24. The van der Waals surface area contributed by atoms with Crippen molar-refractivity contribution in [1.82, 2.24) is 0 Å². The topological polar surface area (TPSA) is 0 Å². The van der Waals surface area contributed by atoms with Gasteiger partial charge in [0.2, 0.25) is 0 Å². The minimum Gasteiger partial charge on any atom is -0.0847 e. The van der Waals surface area contributed by atoms with Crippen molar-refractivity contribution in [3.63, 3.8) is 0 Å². The first-order valence-corrected chi connectivity index (χ1v) is 4.59. The molecule has 0 atom stereocenters. The van der Waals surface area contributed by atoms with Crippen molar-refractivity contribution in [2.24, 2.45) is 0 Å². The average Bonchev–Trinajstić information content (AvgIpc) is 2.04. The van der Waals surface area contributed by atoms with Crippen LogP contribution in [-0.4, -0.2) is 0 Å². The Kier molecular flexibility index (Phi) is 5.44. The second-order valence-corrected chi connectivity index (χ2v) is 3.24. The summed E-state index contributed by atoms with van der Waals surface area (Å²) in [6.07, 6.45) is 7.63. The third kappa shape index (κ3) is 4.17. The first kappa shape index (κ1) is 11.2. The molecule has 0 aromatic heterocycles. The zero-order valence-electron chi connectivity index (χ0n) is 8.94. The Morgan fingerprint density at radius 2 is 1.67 bits per heavy atom. The van der Waals surface area contributed by atoms with E-state index in [1.807, 2.05) is 0 Å². The van der Waals surface area contributed by atoms with Crippen LogP contribution in [0.25, 0.3) is 0 Å². The van der Waals surface area contributed by atoms with Crippen LogP contribution in [0.4, 0.5) is 0 Å². The van der Waals surface area contributed by atoms with Gasteiger partial charge in [0.15, 0.2) is 0 Å². The molecule has 0 aromatic rings. The molecule has 0 spiro atoms. The maximum atomic E-state index is 2.21. The van der Waals surface area contributed by atoms with Gasteiger partial charge in [-0.1, -0.05) is 36.3 Å². The molecule has 0 amide bonds. The van der Waals surface area contributed by atoms with Gasteiger partial charge in [-0.25, -0.2) is 0 Å². The van der Waals surface area contributed by atoms with Gasteiger partial charge in [0.1, 0.15) is 0 Å². The SMILES string of the molecule is CC=C(C)C=CC(CC)=C(C)C. The van der Waals surface area contributed by atoms with Gasteiger partial charge in [0.05, 0.1) is 0 Å². The fourth-order valence-electron chi connectivity index (χ4n) is 0.966. The molecule has 0 aliphatic heterocycles. The molecule has 12 heavy (non-hydrogen) atoms. The van der Waals surface area contributed by atoms with Crippen LogP contribution in [0.2, 0.25) is 0 Å². The molecule has 0 heterocycles. The summed E-state index contributed by atoms with van der Waals surface area (Å²) in [5.41, 5.74) is 4.18. The molecule has 0 unspecified atom stereocenters. The van der Waals surface area contributed by atoms with Crippen molar-refractivity contribution in [1.29, 1.82) is 0 Å². The predicted molar refractivity (Wildman–Crippen MR) is 57.2 cm³/mol. The van der Waals surface area contributed by atoms with E-state index in [4.69, 9.17) is 0 Å². The number of allylic oxidation sites excluding steroid dienone is 6. The molecule has 0 nitrogen and oxygen atoms in total. The molecule has 0 aliphatic rings. The van der Waals surface area contributed by atoms with Gasteiger partial charge in [-0.15, -0.1) is 0 Å². The Hall–Kier alpha value is -0.780. The Balaban J connectivity index is 4.43. The average molecular weight is 164 g/mol. The van der Waals surface area contributed by atoms with Crippen LogP contribution in [0.15, 0.2) is 34.9 Å². The van der Waals surface area contributed by atoms with E-state index in [1.54, 1.807) is 0 Å². The molecule has 0 fully saturated rings. The van der Waals surface area contributed by atoms with E-state index in [2.05, 4.69) is 52.8 Å². The smallest absolute Gasteiger partial charge is 0.0308 e. The van der Waals surface area contributed by atoms with Crippen molar-refractivity contribution >= 4 is 0 Å². The number of rotatable bonds is 3. The fourth-order valence-corrected chi connectivity index (χ4v) is 0.966. The van der Waals surface area contributed by atoms with E-state index in [-0.39, 0.29) is 0 Å². The molecule has 0 saturated heterocycles. The molecule has 68 valence electrons. The highest BCUT2D eigenvalue weighted by Gasteiger charge is 1.89. The lowest BCUT2D eigenvalue weighted by Crippen LogP contribution is -1.79. The van der Waals surface area contributed by atoms with Gasteiger partial charge >= 0.3 is 0 Å². The van der Waals surface area contributed by atoms with Crippen molar-refractivity contribution in [2.45, 2.75) is 41.0 Å². The Labute approximate surface area is 76.7 Å². The van der Waals surface area contributed by atoms with Crippen molar-refractivity contribution in [3.05, 3.63) is 34.9 Å². The van der Waals surface area contributed by atoms with Gasteiger partial charge in [0, 0.05) is 0 Å². The molecule has 0 rings (SSSR count). The first-order chi connectivity index (χ1) is 5.61. The van der Waals surface area contributed by atoms with E-state index in [0.29, 0.717) is 0 Å². The van der Waals surface area contributed by atoms with E-state index in [9.17, 15) is 0 Å². The van der Waals surface area contributed by atoms with Gasteiger partial charge in [-0.3, -0.25) is 0 Å². The first-order valence-electron chi connectivity index (χ1n) is 4.59. The van der Waals surface area contributed by atoms with Crippen molar-refractivity contribution in [2.75, 3.05) is 0 Å². The Bertz CT molecular complexity index is 210. The third-order valence-electron chi connectivity index (χ3n) is 2.03. The van der Waals surface area contributed by atoms with Crippen molar-refractivity contribution in [3.8, 4) is 0 Å². The summed E-state index contributed by atoms with van der Waals surface area (Å²) in [5.74, 6) is 0. The van der Waals surface area contributed by atoms with Crippen LogP contribution in [-0.2, 0) is 0 Å². The molecule has 0 N–H and O–H groups in total. The fraction of sp³-hybridized carbons (Fsp3) is 0.500. The Morgan fingerprint density at radius 1 is 1.08 bits per heavy atom. The third-order valence-corrected chi connectivity index (χ3v) is 2.03. The standard InChI is InChI=1S/C12H20/c1-6-11(5)8-9-12(7-2)10(3)4/h6,8-9H,7H2,1-5H3. The lowest BCUT2D eigenvalue weighted by atomic mass is 10.1. The molecule has 0 aliphatic carbocycles. The summed E-state index contributed by atoms with van der Waals surface area (Å²) in [6.45, 7) is 10.7. The van der Waals surface area contributed by atoms with Crippen molar-refractivity contribution < 1.29 is 0 Å².